The number of aromatic nitrogens is 4. The predicted molar refractivity (Wildman–Crippen MR) is 107 cm³/mol. The maximum absolute atomic E-state index is 12.9. The summed E-state index contributed by atoms with van der Waals surface area (Å²) in [5.74, 6) is 1.24. The van der Waals surface area contributed by atoms with E-state index in [0.29, 0.717) is 24.6 Å². The number of rotatable bonds is 6. The lowest BCUT2D eigenvalue weighted by Gasteiger charge is -2.17. The van der Waals surface area contributed by atoms with E-state index in [4.69, 9.17) is 12.2 Å². The molecule has 2 heterocycles. The summed E-state index contributed by atoms with van der Waals surface area (Å²) in [5.41, 5.74) is 0.583. The van der Waals surface area contributed by atoms with Gasteiger partial charge in [0.1, 0.15) is 5.82 Å². The molecule has 0 aliphatic rings. The molecule has 10 heteroatoms. The van der Waals surface area contributed by atoms with Crippen LogP contribution in [0.15, 0.2) is 48.8 Å². The van der Waals surface area contributed by atoms with Crippen molar-refractivity contribution in [3.05, 3.63) is 71.6 Å². The van der Waals surface area contributed by atoms with E-state index in [1.54, 1.807) is 12.4 Å². The molecule has 1 aromatic carbocycles. The summed E-state index contributed by atoms with van der Waals surface area (Å²) in [5, 5.41) is 13.1. The van der Waals surface area contributed by atoms with Gasteiger partial charge in [-0.15, -0.1) is 0 Å². The van der Waals surface area contributed by atoms with Gasteiger partial charge in [-0.25, -0.2) is 4.98 Å². The number of H-pyrrole nitrogens is 1. The molecule has 6 nitrogen and oxygen atoms in total. The largest absolute Gasteiger partial charge is 0.416 e. The standard InChI is InChI=1S/C19H19F3N6S/c1-12-25-17(28-27-12)14(9-13-5-7-23-8-6-13)11-24-18(29)26-16-4-2-3-15(10-16)19(20,21)22/h2-8,10,14H,9,11H2,1H3,(H2,24,26,29)(H,25,27,28). The molecule has 0 spiro atoms. The number of halogens is 3. The number of aryl methyl sites for hydroxylation is 1. The summed E-state index contributed by atoms with van der Waals surface area (Å²) in [4.78, 5) is 8.41. The first-order valence-corrected chi connectivity index (χ1v) is 9.22. The molecule has 0 aliphatic carbocycles. The smallest absolute Gasteiger partial charge is 0.362 e. The summed E-state index contributed by atoms with van der Waals surface area (Å²) >= 11 is 5.25. The maximum atomic E-state index is 12.9. The fourth-order valence-corrected chi connectivity index (χ4v) is 2.97. The van der Waals surface area contributed by atoms with Gasteiger partial charge in [0.25, 0.3) is 0 Å². The molecule has 0 aliphatic heterocycles. The van der Waals surface area contributed by atoms with Crippen molar-refractivity contribution in [3.63, 3.8) is 0 Å². The Bertz CT molecular complexity index is 958. The molecule has 1 unspecified atom stereocenters. The molecular formula is C19H19F3N6S. The highest BCUT2D eigenvalue weighted by atomic mass is 32.1. The molecular weight excluding hydrogens is 401 g/mol. The Hall–Kier alpha value is -3.01. The van der Waals surface area contributed by atoms with E-state index in [1.807, 2.05) is 19.1 Å². The molecule has 0 saturated carbocycles. The Morgan fingerprint density at radius 2 is 1.97 bits per heavy atom. The van der Waals surface area contributed by atoms with Crippen LogP contribution in [0.5, 0.6) is 0 Å². The van der Waals surface area contributed by atoms with E-state index in [-0.39, 0.29) is 16.7 Å². The zero-order chi connectivity index (χ0) is 20.9. The van der Waals surface area contributed by atoms with Crippen LogP contribution in [0.4, 0.5) is 18.9 Å². The number of alkyl halides is 3. The molecule has 3 aromatic rings. The third-order valence-electron chi connectivity index (χ3n) is 4.17. The van der Waals surface area contributed by atoms with Crippen molar-refractivity contribution in [1.29, 1.82) is 0 Å². The second-order valence-corrected chi connectivity index (χ2v) is 6.86. The number of pyridine rings is 1. The Morgan fingerprint density at radius 3 is 2.62 bits per heavy atom. The third-order valence-corrected chi connectivity index (χ3v) is 4.41. The second kappa shape index (κ2) is 8.99. The molecule has 0 fully saturated rings. The fourth-order valence-electron chi connectivity index (χ4n) is 2.77. The number of benzene rings is 1. The number of thiocarbonyl (C=S) groups is 1. The molecule has 3 N–H and O–H groups in total. The molecule has 2 aromatic heterocycles. The molecule has 0 amide bonds. The van der Waals surface area contributed by atoms with E-state index in [2.05, 4.69) is 30.8 Å². The van der Waals surface area contributed by atoms with E-state index in [9.17, 15) is 13.2 Å². The van der Waals surface area contributed by atoms with Gasteiger partial charge in [0.15, 0.2) is 10.9 Å². The topological polar surface area (TPSA) is 78.5 Å². The zero-order valence-corrected chi connectivity index (χ0v) is 16.3. The van der Waals surface area contributed by atoms with Crippen molar-refractivity contribution in [2.45, 2.75) is 25.4 Å². The molecule has 29 heavy (non-hydrogen) atoms. The van der Waals surface area contributed by atoms with Gasteiger partial charge in [-0.2, -0.15) is 18.3 Å². The Kier molecular flexibility index (Phi) is 6.42. The third kappa shape index (κ3) is 5.98. The maximum Gasteiger partial charge on any atom is 0.416 e. The monoisotopic (exact) mass is 420 g/mol. The minimum Gasteiger partial charge on any atom is -0.362 e. The minimum absolute atomic E-state index is 0.0939. The molecule has 152 valence electrons. The Morgan fingerprint density at radius 1 is 1.21 bits per heavy atom. The molecule has 0 saturated heterocycles. The first-order chi connectivity index (χ1) is 13.8. The summed E-state index contributed by atoms with van der Waals surface area (Å²) in [6.07, 6.45) is -0.337. The SMILES string of the molecule is Cc1nc(C(CNC(=S)Nc2cccc(C(F)(F)F)c2)Cc2ccncc2)n[nH]1. The Balaban J connectivity index is 1.65. The predicted octanol–water partition coefficient (Wildman–Crippen LogP) is 3.84. The average molecular weight is 420 g/mol. The quantitative estimate of drug-likeness (QED) is 0.526. The van der Waals surface area contributed by atoms with Crippen LogP contribution in [0.25, 0.3) is 0 Å². The van der Waals surface area contributed by atoms with Gasteiger partial charge in [-0.3, -0.25) is 10.1 Å². The van der Waals surface area contributed by atoms with Crippen molar-refractivity contribution >= 4 is 23.0 Å². The van der Waals surface area contributed by atoms with E-state index in [0.717, 1.165) is 17.7 Å². The number of hydrogen-bond donors (Lipinski definition) is 3. The minimum atomic E-state index is -4.41. The number of hydrogen-bond acceptors (Lipinski definition) is 4. The van der Waals surface area contributed by atoms with Gasteiger partial charge in [-0.05, 0) is 61.5 Å². The molecule has 0 radical (unpaired) electrons. The van der Waals surface area contributed by atoms with Crippen LogP contribution in [0.3, 0.4) is 0 Å². The normalized spacial score (nSPS) is 12.4. The van der Waals surface area contributed by atoms with Crippen molar-refractivity contribution in [1.82, 2.24) is 25.5 Å². The highest BCUT2D eigenvalue weighted by Gasteiger charge is 2.30. The van der Waals surface area contributed by atoms with E-state index in [1.165, 1.54) is 12.1 Å². The van der Waals surface area contributed by atoms with E-state index >= 15 is 0 Å². The first kappa shape index (κ1) is 20.7. The highest BCUT2D eigenvalue weighted by molar-refractivity contribution is 7.80. The average Bonchev–Trinajstić information content (AvgIpc) is 3.12. The summed E-state index contributed by atoms with van der Waals surface area (Å²) in [6, 6.07) is 8.70. The zero-order valence-electron chi connectivity index (χ0n) is 15.5. The van der Waals surface area contributed by atoms with Crippen molar-refractivity contribution in [2.75, 3.05) is 11.9 Å². The van der Waals surface area contributed by atoms with Crippen LogP contribution in [-0.4, -0.2) is 31.8 Å². The lowest BCUT2D eigenvalue weighted by atomic mass is 9.99. The summed E-state index contributed by atoms with van der Waals surface area (Å²) in [7, 11) is 0. The Labute approximate surface area is 171 Å². The number of anilines is 1. The van der Waals surface area contributed by atoms with Crippen molar-refractivity contribution in [2.24, 2.45) is 0 Å². The fraction of sp³-hybridized carbons (Fsp3) is 0.263. The van der Waals surface area contributed by atoms with Gasteiger partial charge in [0.2, 0.25) is 0 Å². The highest BCUT2D eigenvalue weighted by Crippen LogP contribution is 2.30. The summed E-state index contributed by atoms with van der Waals surface area (Å²) < 4.78 is 38.6. The van der Waals surface area contributed by atoms with Gasteiger partial charge in [-0.1, -0.05) is 6.07 Å². The second-order valence-electron chi connectivity index (χ2n) is 6.45. The summed E-state index contributed by atoms with van der Waals surface area (Å²) in [6.45, 7) is 2.22. The number of nitrogens with one attached hydrogen (secondary N) is 3. The van der Waals surface area contributed by atoms with Crippen LogP contribution < -0.4 is 10.6 Å². The molecule has 3 rings (SSSR count). The first-order valence-electron chi connectivity index (χ1n) is 8.81. The molecule has 0 bridgehead atoms. The number of aromatic amines is 1. The van der Waals surface area contributed by atoms with Crippen LogP contribution in [0.1, 0.15) is 28.7 Å². The van der Waals surface area contributed by atoms with Crippen LogP contribution in [-0.2, 0) is 12.6 Å². The molecule has 1 atom stereocenters. The van der Waals surface area contributed by atoms with Gasteiger partial charge < -0.3 is 10.6 Å². The van der Waals surface area contributed by atoms with Crippen LogP contribution >= 0.6 is 12.2 Å². The number of nitrogens with zero attached hydrogens (tertiary/aromatic N) is 3. The lowest BCUT2D eigenvalue weighted by Crippen LogP contribution is -2.33. The van der Waals surface area contributed by atoms with Crippen LogP contribution in [0.2, 0.25) is 0 Å². The van der Waals surface area contributed by atoms with Crippen molar-refractivity contribution < 1.29 is 13.2 Å². The van der Waals surface area contributed by atoms with E-state index < -0.39 is 11.7 Å². The van der Waals surface area contributed by atoms with Crippen LogP contribution in [0, 0.1) is 6.92 Å². The van der Waals surface area contributed by atoms with Gasteiger partial charge in [0.05, 0.1) is 5.56 Å². The lowest BCUT2D eigenvalue weighted by molar-refractivity contribution is -0.137. The van der Waals surface area contributed by atoms with Gasteiger partial charge >= 0.3 is 6.18 Å². The van der Waals surface area contributed by atoms with Crippen molar-refractivity contribution in [3.8, 4) is 0 Å². The van der Waals surface area contributed by atoms with Gasteiger partial charge in [0, 0.05) is 30.5 Å².